The molecule has 3 nitrogen and oxygen atoms in total. The molecule has 0 saturated carbocycles. The fraction of sp³-hybridized carbons (Fsp3) is 0.235. The number of hydrogen-bond acceptors (Lipinski definition) is 2. The topological polar surface area (TPSA) is 32.3 Å². The van der Waals surface area contributed by atoms with Gasteiger partial charge in [-0.25, -0.2) is 4.39 Å². The van der Waals surface area contributed by atoms with Gasteiger partial charge in [-0.15, -0.1) is 0 Å². The lowest BCUT2D eigenvalue weighted by Gasteiger charge is -2.21. The summed E-state index contributed by atoms with van der Waals surface area (Å²) in [6.07, 6.45) is 0.991. The number of carbonyl (C=O) groups is 1. The number of rotatable bonds is 3. The third-order valence-corrected chi connectivity index (χ3v) is 3.75. The van der Waals surface area contributed by atoms with Gasteiger partial charge in [-0.1, -0.05) is 12.1 Å². The number of carbonyl (C=O) groups excluding carboxylic acids is 1. The first-order valence-corrected chi connectivity index (χ1v) is 7.13. The minimum Gasteiger partial charge on any atom is -0.384 e. The molecule has 0 bridgehead atoms. The number of anilines is 2. The molecule has 4 heteroatoms. The van der Waals surface area contributed by atoms with Crippen LogP contribution in [0.5, 0.6) is 0 Å². The fourth-order valence-corrected chi connectivity index (χ4v) is 2.67. The second kappa shape index (κ2) is 5.56. The molecule has 3 rings (SSSR count). The van der Waals surface area contributed by atoms with Crippen molar-refractivity contribution in [3.8, 4) is 0 Å². The summed E-state index contributed by atoms with van der Waals surface area (Å²) in [5.74, 6) is -0.450. The van der Waals surface area contributed by atoms with Crippen LogP contribution in [0.15, 0.2) is 42.5 Å². The zero-order chi connectivity index (χ0) is 14.8. The van der Waals surface area contributed by atoms with Crippen LogP contribution in [0.1, 0.15) is 22.8 Å². The maximum Gasteiger partial charge on any atom is 0.258 e. The summed E-state index contributed by atoms with van der Waals surface area (Å²) in [4.78, 5) is 14.2. The first-order chi connectivity index (χ1) is 10.2. The van der Waals surface area contributed by atoms with Crippen LogP contribution in [0, 0.1) is 5.82 Å². The molecular formula is C17H17FN2O. The lowest BCUT2D eigenvalue weighted by molar-refractivity contribution is 0.0988. The number of benzene rings is 2. The van der Waals surface area contributed by atoms with Crippen LogP contribution >= 0.6 is 0 Å². The van der Waals surface area contributed by atoms with Crippen LogP contribution < -0.4 is 10.2 Å². The highest BCUT2D eigenvalue weighted by Gasteiger charge is 2.19. The van der Waals surface area contributed by atoms with Crippen molar-refractivity contribution in [2.75, 3.05) is 23.3 Å². The third-order valence-electron chi connectivity index (χ3n) is 3.75. The predicted molar refractivity (Wildman–Crippen MR) is 82.4 cm³/mol. The van der Waals surface area contributed by atoms with Gasteiger partial charge in [-0.3, -0.25) is 4.79 Å². The van der Waals surface area contributed by atoms with Crippen LogP contribution in [0.25, 0.3) is 0 Å². The van der Waals surface area contributed by atoms with E-state index >= 15 is 0 Å². The zero-order valence-corrected chi connectivity index (χ0v) is 11.9. The van der Waals surface area contributed by atoms with E-state index in [0.29, 0.717) is 17.8 Å². The SMILES string of the molecule is CCN(C(=O)c1ccc2c(c1)NCC2)c1cccc(F)c1. The number of nitrogens with zero attached hydrogens (tertiary/aromatic N) is 1. The Morgan fingerprint density at radius 2 is 2.14 bits per heavy atom. The van der Waals surface area contributed by atoms with E-state index < -0.39 is 0 Å². The normalized spacial score (nSPS) is 12.7. The van der Waals surface area contributed by atoms with Crippen molar-refractivity contribution in [3.63, 3.8) is 0 Å². The van der Waals surface area contributed by atoms with Crippen molar-refractivity contribution in [1.82, 2.24) is 0 Å². The molecule has 1 heterocycles. The van der Waals surface area contributed by atoms with Gasteiger partial charge in [0.1, 0.15) is 5.82 Å². The number of amides is 1. The summed E-state index contributed by atoms with van der Waals surface area (Å²) in [5.41, 5.74) is 3.46. The molecule has 21 heavy (non-hydrogen) atoms. The Kier molecular flexibility index (Phi) is 3.60. The molecule has 1 aliphatic rings. The highest BCUT2D eigenvalue weighted by Crippen LogP contribution is 2.25. The van der Waals surface area contributed by atoms with Crippen LogP contribution in [-0.2, 0) is 6.42 Å². The summed E-state index contributed by atoms with van der Waals surface area (Å²) >= 11 is 0. The Hall–Kier alpha value is -2.36. The van der Waals surface area contributed by atoms with E-state index in [0.717, 1.165) is 18.7 Å². The second-order valence-electron chi connectivity index (χ2n) is 5.08. The summed E-state index contributed by atoms with van der Waals surface area (Å²) < 4.78 is 13.4. The van der Waals surface area contributed by atoms with Crippen LogP contribution in [0.3, 0.4) is 0 Å². The summed E-state index contributed by atoms with van der Waals surface area (Å²) in [7, 11) is 0. The van der Waals surface area contributed by atoms with Crippen molar-refractivity contribution in [1.29, 1.82) is 0 Å². The van der Waals surface area contributed by atoms with Gasteiger partial charge in [0.2, 0.25) is 0 Å². The monoisotopic (exact) mass is 284 g/mol. The highest BCUT2D eigenvalue weighted by molar-refractivity contribution is 6.06. The van der Waals surface area contributed by atoms with E-state index in [1.54, 1.807) is 17.0 Å². The van der Waals surface area contributed by atoms with E-state index in [1.165, 1.54) is 17.7 Å². The molecule has 1 aliphatic heterocycles. The predicted octanol–water partition coefficient (Wildman–Crippen LogP) is 3.46. The molecular weight excluding hydrogens is 267 g/mol. The van der Waals surface area contributed by atoms with Crippen molar-refractivity contribution < 1.29 is 9.18 Å². The third kappa shape index (κ3) is 2.61. The van der Waals surface area contributed by atoms with Gasteiger partial charge in [0.05, 0.1) is 0 Å². The average molecular weight is 284 g/mol. The molecule has 0 saturated heterocycles. The molecule has 0 aliphatic carbocycles. The van der Waals surface area contributed by atoms with Crippen molar-refractivity contribution in [3.05, 3.63) is 59.4 Å². The molecule has 0 unspecified atom stereocenters. The summed E-state index contributed by atoms with van der Waals surface area (Å²) in [6.45, 7) is 3.29. The van der Waals surface area contributed by atoms with Gasteiger partial charge in [0.15, 0.2) is 0 Å². The van der Waals surface area contributed by atoms with Crippen molar-refractivity contribution in [2.45, 2.75) is 13.3 Å². The first kappa shape index (κ1) is 13.6. The number of hydrogen-bond donors (Lipinski definition) is 1. The summed E-state index contributed by atoms with van der Waals surface area (Å²) in [6, 6.07) is 11.8. The molecule has 1 N–H and O–H groups in total. The van der Waals surface area contributed by atoms with Crippen LogP contribution in [-0.4, -0.2) is 19.0 Å². The lowest BCUT2D eigenvalue weighted by Crippen LogP contribution is -2.30. The van der Waals surface area contributed by atoms with Crippen LogP contribution in [0.2, 0.25) is 0 Å². The standard InChI is InChI=1S/C17H17FN2O/c1-2-20(15-5-3-4-14(18)11-15)17(21)13-7-6-12-8-9-19-16(12)10-13/h3-7,10-11,19H,2,8-9H2,1H3. The Morgan fingerprint density at radius 1 is 1.29 bits per heavy atom. The van der Waals surface area contributed by atoms with E-state index in [2.05, 4.69) is 5.32 Å². The number of nitrogens with one attached hydrogen (secondary N) is 1. The van der Waals surface area contributed by atoms with Gasteiger partial charge < -0.3 is 10.2 Å². The van der Waals surface area contributed by atoms with Crippen LogP contribution in [0.4, 0.5) is 15.8 Å². The van der Waals surface area contributed by atoms with Gasteiger partial charge in [0.25, 0.3) is 5.91 Å². The number of fused-ring (bicyclic) bond motifs is 1. The molecule has 2 aromatic carbocycles. The minimum atomic E-state index is -0.339. The Morgan fingerprint density at radius 3 is 2.90 bits per heavy atom. The maximum atomic E-state index is 13.4. The summed E-state index contributed by atoms with van der Waals surface area (Å²) in [5, 5.41) is 3.27. The molecule has 0 atom stereocenters. The van der Waals surface area contributed by atoms with Gasteiger partial charge in [0, 0.05) is 30.0 Å². The Labute approximate surface area is 123 Å². The smallest absolute Gasteiger partial charge is 0.258 e. The van der Waals surface area contributed by atoms with E-state index in [1.807, 2.05) is 25.1 Å². The minimum absolute atomic E-state index is 0.111. The lowest BCUT2D eigenvalue weighted by atomic mass is 10.1. The highest BCUT2D eigenvalue weighted by atomic mass is 19.1. The van der Waals surface area contributed by atoms with Crippen molar-refractivity contribution in [2.24, 2.45) is 0 Å². The largest absolute Gasteiger partial charge is 0.384 e. The second-order valence-corrected chi connectivity index (χ2v) is 5.08. The Balaban J connectivity index is 1.92. The quantitative estimate of drug-likeness (QED) is 0.936. The molecule has 108 valence electrons. The van der Waals surface area contributed by atoms with Gasteiger partial charge in [-0.2, -0.15) is 0 Å². The zero-order valence-electron chi connectivity index (χ0n) is 11.9. The molecule has 0 radical (unpaired) electrons. The molecule has 0 spiro atoms. The molecule has 0 fully saturated rings. The Bertz CT molecular complexity index is 684. The van der Waals surface area contributed by atoms with E-state index in [4.69, 9.17) is 0 Å². The number of halogens is 1. The van der Waals surface area contributed by atoms with Crippen molar-refractivity contribution >= 4 is 17.3 Å². The molecule has 2 aromatic rings. The molecule has 1 amide bonds. The average Bonchev–Trinajstić information content (AvgIpc) is 2.95. The van der Waals surface area contributed by atoms with Gasteiger partial charge in [-0.05, 0) is 49.2 Å². The first-order valence-electron chi connectivity index (χ1n) is 7.13. The molecule has 0 aromatic heterocycles. The van der Waals surface area contributed by atoms with E-state index in [-0.39, 0.29) is 11.7 Å². The van der Waals surface area contributed by atoms with Gasteiger partial charge >= 0.3 is 0 Å². The van der Waals surface area contributed by atoms with E-state index in [9.17, 15) is 9.18 Å². The fourth-order valence-electron chi connectivity index (χ4n) is 2.67. The maximum absolute atomic E-state index is 13.4.